The van der Waals surface area contributed by atoms with Crippen LogP contribution < -0.4 is 14.8 Å². The number of para-hydroxylation sites is 1. The molecule has 1 N–H and O–H groups in total. The smallest absolute Gasteiger partial charge is 0.232 e. The number of ether oxygens (including phenoxy) is 2. The Balaban J connectivity index is 1.47. The number of hydrogen-bond acceptors (Lipinski definition) is 6. The predicted molar refractivity (Wildman–Crippen MR) is 117 cm³/mol. The summed E-state index contributed by atoms with van der Waals surface area (Å²) in [7, 11) is 0. The summed E-state index contributed by atoms with van der Waals surface area (Å²) in [5, 5.41) is 3.44. The first-order valence-electron chi connectivity index (χ1n) is 10.2. The third-order valence-electron chi connectivity index (χ3n) is 4.85. The van der Waals surface area contributed by atoms with E-state index in [9.17, 15) is 4.79 Å². The van der Waals surface area contributed by atoms with Gasteiger partial charge in [0.1, 0.15) is 18.1 Å². The van der Waals surface area contributed by atoms with Crippen molar-refractivity contribution in [2.24, 2.45) is 0 Å². The summed E-state index contributed by atoms with van der Waals surface area (Å²) in [6.07, 6.45) is 6.65. The quantitative estimate of drug-likeness (QED) is 0.556. The second kappa shape index (κ2) is 9.71. The highest BCUT2D eigenvalue weighted by Gasteiger charge is 2.18. The molecule has 1 aliphatic rings. The van der Waals surface area contributed by atoms with Crippen molar-refractivity contribution in [1.29, 1.82) is 0 Å². The molecule has 0 spiro atoms. The minimum atomic E-state index is -0.148. The van der Waals surface area contributed by atoms with Gasteiger partial charge in [0.15, 0.2) is 5.13 Å². The first-order valence-corrected chi connectivity index (χ1v) is 11.0. The van der Waals surface area contributed by atoms with Gasteiger partial charge in [-0.2, -0.15) is 0 Å². The highest BCUT2D eigenvalue weighted by molar-refractivity contribution is 7.15. The number of pyridine rings is 1. The number of rotatable bonds is 8. The molecule has 156 valence electrons. The first-order chi connectivity index (χ1) is 14.6. The predicted octanol–water partition coefficient (Wildman–Crippen LogP) is 4.93. The molecule has 0 radical (unpaired) electrons. The zero-order valence-corrected chi connectivity index (χ0v) is 17.8. The molecule has 0 bridgehead atoms. The van der Waals surface area contributed by atoms with Gasteiger partial charge >= 0.3 is 0 Å². The molecule has 0 aliphatic heterocycles. The van der Waals surface area contributed by atoms with Crippen molar-refractivity contribution in [2.75, 3.05) is 5.32 Å². The summed E-state index contributed by atoms with van der Waals surface area (Å²) in [6, 6.07) is 13.4. The lowest BCUT2D eigenvalue weighted by Crippen LogP contribution is -2.17. The number of benzene rings is 1. The number of anilines is 1. The Kier molecular flexibility index (Phi) is 6.59. The molecule has 1 amide bonds. The van der Waals surface area contributed by atoms with Crippen LogP contribution in [0.15, 0.2) is 48.7 Å². The molecule has 6 nitrogen and oxygen atoms in total. The molecule has 3 aromatic rings. The molecule has 1 aromatic carbocycles. The monoisotopic (exact) mass is 423 g/mol. The van der Waals surface area contributed by atoms with Gasteiger partial charge in [-0.25, -0.2) is 4.98 Å². The lowest BCUT2D eigenvalue weighted by atomic mass is 10.2. The summed E-state index contributed by atoms with van der Waals surface area (Å²) in [4.78, 5) is 22.3. The summed E-state index contributed by atoms with van der Waals surface area (Å²) in [6.45, 7) is 2.27. The van der Waals surface area contributed by atoms with E-state index >= 15 is 0 Å². The molecule has 1 fully saturated rings. The summed E-state index contributed by atoms with van der Waals surface area (Å²) in [5.74, 6) is 1.38. The zero-order valence-electron chi connectivity index (χ0n) is 17.0. The standard InChI is InChI=1S/C23H25N3O3S/c1-16-14-24-23(30-16)26-22(27)13-17-11-21(29-20-9-5-6-10-20)12-18(25-17)15-28-19-7-3-2-4-8-19/h2-4,7-8,11-12,14,20H,5-6,9-10,13,15H2,1H3,(H,24,26,27). The van der Waals surface area contributed by atoms with Crippen LogP contribution in [-0.4, -0.2) is 22.0 Å². The largest absolute Gasteiger partial charge is 0.490 e. The number of aromatic nitrogens is 2. The maximum atomic E-state index is 12.5. The van der Waals surface area contributed by atoms with Gasteiger partial charge in [-0.05, 0) is 44.7 Å². The van der Waals surface area contributed by atoms with Crippen LogP contribution in [0.2, 0.25) is 0 Å². The van der Waals surface area contributed by atoms with Crippen LogP contribution in [0.5, 0.6) is 11.5 Å². The second-order valence-electron chi connectivity index (χ2n) is 7.41. The highest BCUT2D eigenvalue weighted by Crippen LogP contribution is 2.26. The molecule has 2 aromatic heterocycles. The van der Waals surface area contributed by atoms with Crippen LogP contribution in [0.25, 0.3) is 0 Å². The van der Waals surface area contributed by atoms with Crippen molar-refractivity contribution >= 4 is 22.4 Å². The SMILES string of the molecule is Cc1cnc(NC(=O)Cc2cc(OC3CCCC3)cc(COc3ccccc3)n2)s1. The zero-order chi connectivity index (χ0) is 20.8. The van der Waals surface area contributed by atoms with Crippen molar-refractivity contribution in [1.82, 2.24) is 9.97 Å². The molecule has 2 heterocycles. The van der Waals surface area contributed by atoms with E-state index < -0.39 is 0 Å². The number of amides is 1. The lowest BCUT2D eigenvalue weighted by Gasteiger charge is -2.15. The van der Waals surface area contributed by atoms with E-state index in [0.29, 0.717) is 17.4 Å². The Hall–Kier alpha value is -2.93. The molecule has 0 unspecified atom stereocenters. The molecule has 0 saturated heterocycles. The van der Waals surface area contributed by atoms with Gasteiger partial charge in [0.2, 0.25) is 5.91 Å². The Morgan fingerprint density at radius 1 is 1.13 bits per heavy atom. The second-order valence-corrected chi connectivity index (χ2v) is 8.65. The van der Waals surface area contributed by atoms with Crippen LogP contribution in [0.3, 0.4) is 0 Å². The average molecular weight is 424 g/mol. The number of carbonyl (C=O) groups is 1. The minimum absolute atomic E-state index is 0.148. The van der Waals surface area contributed by atoms with Crippen LogP contribution in [0.4, 0.5) is 5.13 Å². The number of thiazole rings is 1. The van der Waals surface area contributed by atoms with E-state index in [1.807, 2.05) is 49.4 Å². The van der Waals surface area contributed by atoms with E-state index in [2.05, 4.69) is 15.3 Å². The van der Waals surface area contributed by atoms with E-state index in [-0.39, 0.29) is 18.4 Å². The molecular formula is C23H25N3O3S. The summed E-state index contributed by atoms with van der Waals surface area (Å²) < 4.78 is 12.0. The average Bonchev–Trinajstić information content (AvgIpc) is 3.38. The van der Waals surface area contributed by atoms with Crippen LogP contribution in [0, 0.1) is 6.92 Å². The van der Waals surface area contributed by atoms with E-state index in [1.54, 1.807) is 6.20 Å². The topological polar surface area (TPSA) is 73.3 Å². The summed E-state index contributed by atoms with van der Waals surface area (Å²) in [5.41, 5.74) is 1.39. The number of nitrogens with zero attached hydrogens (tertiary/aromatic N) is 2. The van der Waals surface area contributed by atoms with Gasteiger partial charge in [0.05, 0.1) is 23.9 Å². The van der Waals surface area contributed by atoms with Crippen molar-refractivity contribution < 1.29 is 14.3 Å². The minimum Gasteiger partial charge on any atom is -0.490 e. The summed E-state index contributed by atoms with van der Waals surface area (Å²) >= 11 is 1.45. The maximum Gasteiger partial charge on any atom is 0.232 e. The van der Waals surface area contributed by atoms with Crippen molar-refractivity contribution in [3.05, 3.63) is 64.9 Å². The van der Waals surface area contributed by atoms with Crippen LogP contribution >= 0.6 is 11.3 Å². The molecule has 0 atom stereocenters. The Morgan fingerprint density at radius 3 is 2.63 bits per heavy atom. The number of hydrogen-bond donors (Lipinski definition) is 1. The molecule has 1 saturated carbocycles. The molecule has 1 aliphatic carbocycles. The highest BCUT2D eigenvalue weighted by atomic mass is 32.1. The first kappa shape index (κ1) is 20.3. The third-order valence-corrected chi connectivity index (χ3v) is 5.68. The van der Waals surface area contributed by atoms with E-state index in [4.69, 9.17) is 9.47 Å². The molecular weight excluding hydrogens is 398 g/mol. The van der Waals surface area contributed by atoms with Crippen molar-refractivity contribution in [2.45, 2.75) is 51.7 Å². The third kappa shape index (κ3) is 5.79. The van der Waals surface area contributed by atoms with Gasteiger partial charge in [0.25, 0.3) is 0 Å². The fourth-order valence-corrected chi connectivity index (χ4v) is 4.15. The number of aryl methyl sites for hydroxylation is 1. The van der Waals surface area contributed by atoms with Gasteiger partial charge in [-0.15, -0.1) is 11.3 Å². The van der Waals surface area contributed by atoms with E-state index in [0.717, 1.165) is 34.9 Å². The van der Waals surface area contributed by atoms with Gasteiger partial charge in [-0.3, -0.25) is 9.78 Å². The van der Waals surface area contributed by atoms with Gasteiger partial charge < -0.3 is 14.8 Å². The number of carbonyl (C=O) groups excluding carboxylic acids is 1. The molecule has 4 rings (SSSR count). The Labute approximate surface area is 180 Å². The molecule has 30 heavy (non-hydrogen) atoms. The van der Waals surface area contributed by atoms with Gasteiger partial charge in [0, 0.05) is 23.2 Å². The van der Waals surface area contributed by atoms with Crippen molar-refractivity contribution in [3.8, 4) is 11.5 Å². The van der Waals surface area contributed by atoms with Crippen LogP contribution in [0.1, 0.15) is 41.9 Å². The normalized spacial score (nSPS) is 13.9. The number of nitrogens with one attached hydrogen (secondary N) is 1. The van der Waals surface area contributed by atoms with Crippen LogP contribution in [-0.2, 0) is 17.8 Å². The Bertz CT molecular complexity index is 984. The molecule has 7 heteroatoms. The fraction of sp³-hybridized carbons (Fsp3) is 0.348. The fourth-order valence-electron chi connectivity index (χ4n) is 3.46. The Morgan fingerprint density at radius 2 is 1.90 bits per heavy atom. The van der Waals surface area contributed by atoms with E-state index in [1.165, 1.54) is 24.2 Å². The maximum absolute atomic E-state index is 12.5. The lowest BCUT2D eigenvalue weighted by molar-refractivity contribution is -0.115. The van der Waals surface area contributed by atoms with Crippen molar-refractivity contribution in [3.63, 3.8) is 0 Å². The van der Waals surface area contributed by atoms with Gasteiger partial charge in [-0.1, -0.05) is 18.2 Å².